The van der Waals surface area contributed by atoms with Crippen LogP contribution in [0.3, 0.4) is 0 Å². The van der Waals surface area contributed by atoms with E-state index in [4.69, 9.17) is 4.74 Å². The van der Waals surface area contributed by atoms with Crippen molar-refractivity contribution in [1.82, 2.24) is 0 Å². The molecule has 0 fully saturated rings. The highest BCUT2D eigenvalue weighted by molar-refractivity contribution is 5.94. The van der Waals surface area contributed by atoms with Crippen molar-refractivity contribution < 1.29 is 9.84 Å². The van der Waals surface area contributed by atoms with E-state index in [-0.39, 0.29) is 0 Å². The summed E-state index contributed by atoms with van der Waals surface area (Å²) in [5.74, 6) is 1.13. The molecule has 0 aliphatic rings. The van der Waals surface area contributed by atoms with Gasteiger partial charge in [-0.3, -0.25) is 0 Å². The van der Waals surface area contributed by atoms with Crippen LogP contribution in [0.1, 0.15) is 0 Å². The van der Waals surface area contributed by atoms with E-state index in [9.17, 15) is 5.11 Å². The summed E-state index contributed by atoms with van der Waals surface area (Å²) in [5.41, 5.74) is 1.81. The van der Waals surface area contributed by atoms with E-state index in [2.05, 4.69) is 0 Å². The molecular weight excluding hydrogens is 236 g/mol. The third-order valence-corrected chi connectivity index (χ3v) is 3.30. The molecule has 94 valence electrons. The largest absolute Gasteiger partial charge is 0.507 e. The zero-order chi connectivity index (χ0) is 13.2. The molecule has 0 radical (unpaired) electrons. The Morgan fingerprint density at radius 3 is 2.32 bits per heavy atom. The molecule has 0 saturated carbocycles. The average Bonchev–Trinajstić information content (AvgIpc) is 2.48. The SMILES string of the molecule is COc1ccc(-c2ccc3ccccc3c2O)cc1. The summed E-state index contributed by atoms with van der Waals surface area (Å²) < 4.78 is 5.14. The highest BCUT2D eigenvalue weighted by Gasteiger charge is 2.08. The summed E-state index contributed by atoms with van der Waals surface area (Å²) in [7, 11) is 1.64. The summed E-state index contributed by atoms with van der Waals surface area (Å²) >= 11 is 0. The van der Waals surface area contributed by atoms with Crippen LogP contribution in [0.4, 0.5) is 0 Å². The number of rotatable bonds is 2. The number of phenols is 1. The summed E-state index contributed by atoms with van der Waals surface area (Å²) in [6.07, 6.45) is 0. The van der Waals surface area contributed by atoms with Crippen molar-refractivity contribution >= 4 is 10.8 Å². The van der Waals surface area contributed by atoms with Gasteiger partial charge in [0.1, 0.15) is 11.5 Å². The minimum atomic E-state index is 0.322. The molecule has 0 amide bonds. The van der Waals surface area contributed by atoms with Gasteiger partial charge in [-0.05, 0) is 23.1 Å². The van der Waals surface area contributed by atoms with Crippen LogP contribution in [-0.4, -0.2) is 12.2 Å². The van der Waals surface area contributed by atoms with Crippen molar-refractivity contribution in [2.45, 2.75) is 0 Å². The van der Waals surface area contributed by atoms with E-state index in [1.165, 1.54) is 0 Å². The summed E-state index contributed by atoms with van der Waals surface area (Å²) in [4.78, 5) is 0. The van der Waals surface area contributed by atoms with E-state index >= 15 is 0 Å². The second-order valence-electron chi connectivity index (χ2n) is 4.41. The topological polar surface area (TPSA) is 29.5 Å². The fraction of sp³-hybridized carbons (Fsp3) is 0.0588. The Hall–Kier alpha value is -2.48. The molecule has 0 aromatic heterocycles. The first-order valence-electron chi connectivity index (χ1n) is 6.15. The van der Waals surface area contributed by atoms with Crippen molar-refractivity contribution in [3.05, 3.63) is 60.7 Å². The molecule has 0 atom stereocenters. The lowest BCUT2D eigenvalue weighted by Gasteiger charge is -2.09. The third kappa shape index (κ3) is 2.02. The second-order valence-corrected chi connectivity index (χ2v) is 4.41. The lowest BCUT2D eigenvalue weighted by molar-refractivity contribution is 0.415. The first-order valence-corrected chi connectivity index (χ1v) is 6.15. The molecule has 0 aliphatic carbocycles. The monoisotopic (exact) mass is 250 g/mol. The van der Waals surface area contributed by atoms with Crippen molar-refractivity contribution in [2.75, 3.05) is 7.11 Å². The molecule has 0 spiro atoms. The Kier molecular flexibility index (Phi) is 2.84. The van der Waals surface area contributed by atoms with Gasteiger partial charge in [-0.15, -0.1) is 0 Å². The fourth-order valence-electron chi connectivity index (χ4n) is 2.26. The van der Waals surface area contributed by atoms with Gasteiger partial charge >= 0.3 is 0 Å². The molecule has 0 aliphatic heterocycles. The van der Waals surface area contributed by atoms with Crippen LogP contribution in [0.25, 0.3) is 21.9 Å². The molecule has 2 nitrogen and oxygen atoms in total. The zero-order valence-electron chi connectivity index (χ0n) is 10.6. The van der Waals surface area contributed by atoms with Crippen molar-refractivity contribution in [1.29, 1.82) is 0 Å². The van der Waals surface area contributed by atoms with Crippen molar-refractivity contribution in [3.8, 4) is 22.6 Å². The van der Waals surface area contributed by atoms with Gasteiger partial charge in [0.05, 0.1) is 7.11 Å². The van der Waals surface area contributed by atoms with E-state index in [0.29, 0.717) is 5.75 Å². The third-order valence-electron chi connectivity index (χ3n) is 3.30. The summed E-state index contributed by atoms with van der Waals surface area (Å²) in [5, 5.41) is 12.3. The van der Waals surface area contributed by atoms with Crippen LogP contribution in [0.15, 0.2) is 60.7 Å². The van der Waals surface area contributed by atoms with Gasteiger partial charge in [0.25, 0.3) is 0 Å². The molecule has 0 saturated heterocycles. The van der Waals surface area contributed by atoms with Crippen LogP contribution < -0.4 is 4.74 Å². The van der Waals surface area contributed by atoms with Gasteiger partial charge in [-0.2, -0.15) is 0 Å². The summed E-state index contributed by atoms with van der Waals surface area (Å²) in [6, 6.07) is 19.5. The molecule has 19 heavy (non-hydrogen) atoms. The predicted molar refractivity (Wildman–Crippen MR) is 77.6 cm³/mol. The molecular formula is C17H14O2. The lowest BCUT2D eigenvalue weighted by atomic mass is 10.00. The lowest BCUT2D eigenvalue weighted by Crippen LogP contribution is -1.84. The normalized spacial score (nSPS) is 10.6. The molecule has 2 heteroatoms. The van der Waals surface area contributed by atoms with Gasteiger partial charge < -0.3 is 9.84 Å². The van der Waals surface area contributed by atoms with Gasteiger partial charge in [0, 0.05) is 10.9 Å². The molecule has 1 N–H and O–H groups in total. The van der Waals surface area contributed by atoms with E-state index in [1.807, 2.05) is 60.7 Å². The van der Waals surface area contributed by atoms with Crippen LogP contribution in [0.2, 0.25) is 0 Å². The van der Waals surface area contributed by atoms with Gasteiger partial charge in [-0.25, -0.2) is 0 Å². The van der Waals surface area contributed by atoms with Crippen LogP contribution in [0.5, 0.6) is 11.5 Å². The molecule has 3 aromatic carbocycles. The summed E-state index contributed by atoms with van der Waals surface area (Å²) in [6.45, 7) is 0. The zero-order valence-corrected chi connectivity index (χ0v) is 10.6. The van der Waals surface area contributed by atoms with Crippen LogP contribution >= 0.6 is 0 Å². The second kappa shape index (κ2) is 4.65. The number of fused-ring (bicyclic) bond motifs is 1. The Morgan fingerprint density at radius 2 is 1.58 bits per heavy atom. The van der Waals surface area contributed by atoms with Gasteiger partial charge in [-0.1, -0.05) is 48.5 Å². The number of hydrogen-bond acceptors (Lipinski definition) is 2. The number of hydrogen-bond donors (Lipinski definition) is 1. The molecule has 3 rings (SSSR count). The van der Waals surface area contributed by atoms with Gasteiger partial charge in [0.15, 0.2) is 0 Å². The highest BCUT2D eigenvalue weighted by atomic mass is 16.5. The Labute approximate surface area is 111 Å². The highest BCUT2D eigenvalue weighted by Crippen LogP contribution is 2.36. The molecule has 3 aromatic rings. The number of methoxy groups -OCH3 is 1. The van der Waals surface area contributed by atoms with E-state index in [0.717, 1.165) is 27.6 Å². The molecule has 0 unspecified atom stereocenters. The predicted octanol–water partition coefficient (Wildman–Crippen LogP) is 4.22. The van der Waals surface area contributed by atoms with E-state index < -0.39 is 0 Å². The van der Waals surface area contributed by atoms with Crippen LogP contribution in [0, 0.1) is 0 Å². The Balaban J connectivity index is 2.16. The Bertz CT molecular complexity index is 715. The fourth-order valence-corrected chi connectivity index (χ4v) is 2.26. The minimum Gasteiger partial charge on any atom is -0.507 e. The Morgan fingerprint density at radius 1 is 0.842 bits per heavy atom. The quantitative estimate of drug-likeness (QED) is 0.737. The maximum atomic E-state index is 10.4. The standard InChI is InChI=1S/C17H14O2/c1-19-14-9-6-13(7-10-14)16-11-8-12-4-2-3-5-15(12)17(16)18/h2-11,18H,1H3. The average molecular weight is 250 g/mol. The van der Waals surface area contributed by atoms with E-state index in [1.54, 1.807) is 7.11 Å². The number of aromatic hydroxyl groups is 1. The molecule has 0 heterocycles. The number of benzene rings is 3. The maximum absolute atomic E-state index is 10.4. The van der Waals surface area contributed by atoms with Crippen molar-refractivity contribution in [2.24, 2.45) is 0 Å². The maximum Gasteiger partial charge on any atom is 0.131 e. The number of phenolic OH excluding ortho intramolecular Hbond substituents is 1. The first kappa shape index (κ1) is 11.6. The molecule has 0 bridgehead atoms. The van der Waals surface area contributed by atoms with Crippen LogP contribution in [-0.2, 0) is 0 Å². The van der Waals surface area contributed by atoms with Gasteiger partial charge in [0.2, 0.25) is 0 Å². The first-order chi connectivity index (χ1) is 9.29. The van der Waals surface area contributed by atoms with Crippen molar-refractivity contribution in [3.63, 3.8) is 0 Å². The minimum absolute atomic E-state index is 0.322. The smallest absolute Gasteiger partial charge is 0.131 e. The number of ether oxygens (including phenoxy) is 1.